The lowest BCUT2D eigenvalue weighted by Gasteiger charge is -2.09. The van der Waals surface area contributed by atoms with Gasteiger partial charge in [-0.1, -0.05) is 6.07 Å². The molecule has 1 aliphatic carbocycles. The number of hydrogen-bond acceptors (Lipinski definition) is 4. The average molecular weight is 251 g/mol. The third-order valence-electron chi connectivity index (χ3n) is 3.15. The van der Waals surface area contributed by atoms with Crippen LogP contribution < -0.4 is 4.74 Å². The van der Waals surface area contributed by atoms with Crippen LogP contribution in [0.4, 0.5) is 5.69 Å². The van der Waals surface area contributed by atoms with Gasteiger partial charge >= 0.3 is 5.69 Å². The summed E-state index contributed by atoms with van der Waals surface area (Å²) in [7, 11) is 1.62. The van der Waals surface area contributed by atoms with Crippen molar-refractivity contribution in [3.8, 4) is 5.75 Å². The maximum absolute atomic E-state index is 11.2. The summed E-state index contributed by atoms with van der Waals surface area (Å²) in [6, 6.07) is 3.66. The minimum Gasteiger partial charge on any atom is -0.487 e. The van der Waals surface area contributed by atoms with Gasteiger partial charge in [0.1, 0.15) is 0 Å². The van der Waals surface area contributed by atoms with Gasteiger partial charge in [-0.2, -0.15) is 0 Å². The van der Waals surface area contributed by atoms with Crippen LogP contribution in [-0.4, -0.2) is 25.2 Å². The van der Waals surface area contributed by atoms with Crippen molar-refractivity contribution < 1.29 is 14.4 Å². The zero-order valence-corrected chi connectivity index (χ0v) is 10.5. The van der Waals surface area contributed by atoms with Gasteiger partial charge in [-0.15, -0.1) is 0 Å². The molecule has 0 atom stereocenters. The fraction of sp³-hybridized carbons (Fsp3) is 0.538. The van der Waals surface area contributed by atoms with Crippen LogP contribution in [0.15, 0.2) is 12.1 Å². The van der Waals surface area contributed by atoms with Gasteiger partial charge in [-0.05, 0) is 30.9 Å². The Labute approximate surface area is 106 Å². The standard InChI is InChI=1S/C13H17NO4/c1-17-8-3-9-18-12-7-6-10-4-2-5-11(10)13(12)14(15)16/h6-7H,2-5,8-9H2,1H3. The Kier molecular flexibility index (Phi) is 4.15. The van der Waals surface area contributed by atoms with Crippen LogP contribution in [0.1, 0.15) is 24.0 Å². The summed E-state index contributed by atoms with van der Waals surface area (Å²) in [5.41, 5.74) is 2.09. The quantitative estimate of drug-likeness (QED) is 0.442. The first-order valence-corrected chi connectivity index (χ1v) is 6.15. The Balaban J connectivity index is 2.17. The molecule has 0 saturated carbocycles. The first kappa shape index (κ1) is 12.8. The molecule has 1 aliphatic rings. The van der Waals surface area contributed by atoms with E-state index in [-0.39, 0.29) is 10.6 Å². The molecule has 0 heterocycles. The first-order valence-electron chi connectivity index (χ1n) is 6.15. The van der Waals surface area contributed by atoms with Crippen LogP contribution >= 0.6 is 0 Å². The zero-order chi connectivity index (χ0) is 13.0. The van der Waals surface area contributed by atoms with Gasteiger partial charge in [0.15, 0.2) is 5.75 Å². The molecule has 0 bridgehead atoms. The number of rotatable bonds is 6. The number of benzene rings is 1. The van der Waals surface area contributed by atoms with Crippen molar-refractivity contribution in [2.75, 3.05) is 20.3 Å². The molecule has 0 radical (unpaired) electrons. The average Bonchev–Trinajstić information content (AvgIpc) is 2.81. The maximum atomic E-state index is 11.2. The summed E-state index contributed by atoms with van der Waals surface area (Å²) < 4.78 is 10.4. The molecule has 1 aromatic rings. The van der Waals surface area contributed by atoms with E-state index < -0.39 is 0 Å². The van der Waals surface area contributed by atoms with Gasteiger partial charge in [0.05, 0.1) is 11.5 Å². The maximum Gasteiger partial charge on any atom is 0.314 e. The first-order chi connectivity index (χ1) is 8.74. The fourth-order valence-corrected chi connectivity index (χ4v) is 2.33. The molecule has 0 aliphatic heterocycles. The van der Waals surface area contributed by atoms with Crippen LogP contribution in [-0.2, 0) is 17.6 Å². The van der Waals surface area contributed by atoms with Gasteiger partial charge in [0, 0.05) is 25.7 Å². The van der Waals surface area contributed by atoms with Crippen LogP contribution in [0.5, 0.6) is 5.75 Å². The summed E-state index contributed by atoms with van der Waals surface area (Å²) >= 11 is 0. The highest BCUT2D eigenvalue weighted by Crippen LogP contribution is 2.37. The second-order valence-electron chi connectivity index (χ2n) is 4.36. The van der Waals surface area contributed by atoms with Crippen LogP contribution in [0.2, 0.25) is 0 Å². The predicted octanol–water partition coefficient (Wildman–Crippen LogP) is 2.50. The minimum atomic E-state index is -0.324. The van der Waals surface area contributed by atoms with Crippen LogP contribution in [0, 0.1) is 10.1 Å². The molecular formula is C13H17NO4. The van der Waals surface area contributed by atoms with Gasteiger partial charge in [-0.3, -0.25) is 10.1 Å². The predicted molar refractivity (Wildman–Crippen MR) is 67.1 cm³/mol. The van der Waals surface area contributed by atoms with Crippen LogP contribution in [0.3, 0.4) is 0 Å². The number of aryl methyl sites for hydroxylation is 1. The van der Waals surface area contributed by atoms with E-state index in [9.17, 15) is 10.1 Å². The van der Waals surface area contributed by atoms with E-state index >= 15 is 0 Å². The summed E-state index contributed by atoms with van der Waals surface area (Å²) in [6.45, 7) is 1.03. The topological polar surface area (TPSA) is 61.6 Å². The van der Waals surface area contributed by atoms with E-state index in [1.54, 1.807) is 13.2 Å². The molecule has 0 unspecified atom stereocenters. The van der Waals surface area contributed by atoms with E-state index in [0.717, 1.165) is 36.8 Å². The number of methoxy groups -OCH3 is 1. The van der Waals surface area contributed by atoms with Crippen molar-refractivity contribution in [2.24, 2.45) is 0 Å². The zero-order valence-electron chi connectivity index (χ0n) is 10.5. The lowest BCUT2D eigenvalue weighted by molar-refractivity contribution is -0.386. The molecule has 5 heteroatoms. The Hall–Kier alpha value is -1.62. The lowest BCUT2D eigenvalue weighted by atomic mass is 10.1. The smallest absolute Gasteiger partial charge is 0.314 e. The molecule has 98 valence electrons. The number of nitro groups is 1. The Morgan fingerprint density at radius 3 is 2.89 bits per heavy atom. The summed E-state index contributed by atoms with van der Waals surface area (Å²) in [5.74, 6) is 0.386. The highest BCUT2D eigenvalue weighted by Gasteiger charge is 2.26. The molecular weight excluding hydrogens is 234 g/mol. The number of nitrogens with zero attached hydrogens (tertiary/aromatic N) is 1. The number of hydrogen-bond donors (Lipinski definition) is 0. The molecule has 0 saturated heterocycles. The normalized spacial score (nSPS) is 13.4. The van der Waals surface area contributed by atoms with Crippen molar-refractivity contribution in [3.05, 3.63) is 33.4 Å². The van der Waals surface area contributed by atoms with E-state index in [4.69, 9.17) is 9.47 Å². The Morgan fingerprint density at radius 1 is 1.33 bits per heavy atom. The van der Waals surface area contributed by atoms with E-state index in [2.05, 4.69) is 0 Å². The highest BCUT2D eigenvalue weighted by molar-refractivity contribution is 5.57. The molecule has 5 nitrogen and oxygen atoms in total. The molecule has 0 spiro atoms. The second-order valence-corrected chi connectivity index (χ2v) is 4.36. The van der Waals surface area contributed by atoms with Crippen molar-refractivity contribution in [2.45, 2.75) is 25.7 Å². The molecule has 0 aromatic heterocycles. The largest absolute Gasteiger partial charge is 0.487 e. The molecule has 1 aromatic carbocycles. The Morgan fingerprint density at radius 2 is 2.17 bits per heavy atom. The van der Waals surface area contributed by atoms with Gasteiger partial charge in [0.25, 0.3) is 0 Å². The summed E-state index contributed by atoms with van der Waals surface area (Å²) in [5, 5.41) is 11.2. The minimum absolute atomic E-state index is 0.155. The second kappa shape index (κ2) is 5.82. The third-order valence-corrected chi connectivity index (χ3v) is 3.15. The molecule has 0 N–H and O–H groups in total. The lowest BCUT2D eigenvalue weighted by Crippen LogP contribution is -2.05. The van der Waals surface area contributed by atoms with E-state index in [0.29, 0.717) is 19.0 Å². The fourth-order valence-electron chi connectivity index (χ4n) is 2.33. The summed E-state index contributed by atoms with van der Waals surface area (Å²) in [4.78, 5) is 10.8. The van der Waals surface area contributed by atoms with Gasteiger partial charge in [-0.25, -0.2) is 0 Å². The van der Waals surface area contributed by atoms with Crippen molar-refractivity contribution in [1.29, 1.82) is 0 Å². The van der Waals surface area contributed by atoms with E-state index in [1.165, 1.54) is 0 Å². The van der Waals surface area contributed by atoms with Crippen molar-refractivity contribution in [3.63, 3.8) is 0 Å². The monoisotopic (exact) mass is 251 g/mol. The number of nitro benzene ring substituents is 1. The summed E-state index contributed by atoms with van der Waals surface area (Å²) in [6.07, 6.45) is 3.43. The molecule has 2 rings (SSSR count). The van der Waals surface area contributed by atoms with Gasteiger partial charge < -0.3 is 9.47 Å². The van der Waals surface area contributed by atoms with Crippen molar-refractivity contribution in [1.82, 2.24) is 0 Å². The molecule has 0 amide bonds. The van der Waals surface area contributed by atoms with Crippen LogP contribution in [0.25, 0.3) is 0 Å². The molecule has 18 heavy (non-hydrogen) atoms. The number of ether oxygens (including phenoxy) is 2. The highest BCUT2D eigenvalue weighted by atomic mass is 16.6. The van der Waals surface area contributed by atoms with Crippen molar-refractivity contribution >= 4 is 5.69 Å². The number of fused-ring (bicyclic) bond motifs is 1. The SMILES string of the molecule is COCCCOc1ccc2c(c1[N+](=O)[O-])CCC2. The third kappa shape index (κ3) is 2.61. The van der Waals surface area contributed by atoms with E-state index in [1.807, 2.05) is 6.07 Å². The Bertz CT molecular complexity index is 445. The molecule has 0 fully saturated rings. The van der Waals surface area contributed by atoms with Gasteiger partial charge in [0.2, 0.25) is 0 Å².